The molecule has 5 nitrogen and oxygen atoms in total. The fourth-order valence-corrected chi connectivity index (χ4v) is 8.70. The van der Waals surface area contributed by atoms with Crippen LogP contribution in [-0.2, 0) is 4.79 Å². The average Bonchev–Trinajstić information content (AvgIpc) is 3.05. The van der Waals surface area contributed by atoms with Crippen LogP contribution in [-0.4, -0.2) is 51.1 Å². The van der Waals surface area contributed by atoms with Crippen molar-refractivity contribution >= 4 is 6.29 Å². The third-order valence-electron chi connectivity index (χ3n) is 10.3. The number of carbonyl (C=O) groups is 1. The molecule has 4 aliphatic carbocycles. The third-order valence-corrected chi connectivity index (χ3v) is 10.3. The standard InChI is InChI=1S/C24H40O5/c1-13(5-4-10-25)15-6-7-16-20-17(12-19(27)24(15,16)3)23(2)9-8-14(26)11-18(23)21(28)22(20)29/h10,13-22,26-29H,4-9,11-12H2,1-3H3/t13-,14-,15-,16+,17+,18+,19+,20+,21-,22+,23-,24-/m1/s1. The maximum atomic E-state index is 11.5. The minimum Gasteiger partial charge on any atom is -0.393 e. The number of hydrogen-bond acceptors (Lipinski definition) is 5. The van der Waals surface area contributed by atoms with Gasteiger partial charge >= 0.3 is 0 Å². The van der Waals surface area contributed by atoms with E-state index in [9.17, 15) is 25.2 Å². The van der Waals surface area contributed by atoms with Gasteiger partial charge in [-0.1, -0.05) is 20.8 Å². The molecule has 4 fully saturated rings. The van der Waals surface area contributed by atoms with Gasteiger partial charge in [0.2, 0.25) is 0 Å². The summed E-state index contributed by atoms with van der Waals surface area (Å²) in [6.45, 7) is 6.63. The Morgan fingerprint density at radius 2 is 1.69 bits per heavy atom. The van der Waals surface area contributed by atoms with Gasteiger partial charge in [-0.3, -0.25) is 0 Å². The van der Waals surface area contributed by atoms with Crippen molar-refractivity contribution in [2.24, 2.45) is 46.3 Å². The normalized spacial score (nSPS) is 55.5. The quantitative estimate of drug-likeness (QED) is 0.536. The molecule has 5 heteroatoms. The Bertz CT molecular complexity index is 624. The molecule has 4 rings (SSSR count). The van der Waals surface area contributed by atoms with Crippen LogP contribution in [0.15, 0.2) is 0 Å². The Kier molecular flexibility index (Phi) is 5.68. The average molecular weight is 409 g/mol. The van der Waals surface area contributed by atoms with Crippen molar-refractivity contribution in [3.63, 3.8) is 0 Å². The van der Waals surface area contributed by atoms with Gasteiger partial charge in [-0.2, -0.15) is 0 Å². The highest BCUT2D eigenvalue weighted by molar-refractivity contribution is 5.49. The van der Waals surface area contributed by atoms with Crippen LogP contribution in [0.3, 0.4) is 0 Å². The van der Waals surface area contributed by atoms with Gasteiger partial charge in [-0.05, 0) is 91.3 Å². The van der Waals surface area contributed by atoms with Crippen LogP contribution in [0.4, 0.5) is 0 Å². The Balaban J connectivity index is 1.67. The highest BCUT2D eigenvalue weighted by Gasteiger charge is 2.67. The minimum absolute atomic E-state index is 0.00170. The predicted molar refractivity (Wildman–Crippen MR) is 110 cm³/mol. The van der Waals surface area contributed by atoms with Crippen LogP contribution in [0, 0.1) is 46.3 Å². The summed E-state index contributed by atoms with van der Waals surface area (Å²) in [5, 5.41) is 44.0. The van der Waals surface area contributed by atoms with E-state index in [4.69, 9.17) is 0 Å². The molecule has 0 aliphatic heterocycles. The molecule has 166 valence electrons. The van der Waals surface area contributed by atoms with Crippen molar-refractivity contribution < 1.29 is 25.2 Å². The molecule has 0 amide bonds. The molecule has 0 unspecified atom stereocenters. The Morgan fingerprint density at radius 3 is 2.38 bits per heavy atom. The molecule has 0 spiro atoms. The number of rotatable bonds is 4. The summed E-state index contributed by atoms with van der Waals surface area (Å²) in [6.07, 6.45) is 4.76. The van der Waals surface area contributed by atoms with Gasteiger partial charge in [0.25, 0.3) is 0 Å². The van der Waals surface area contributed by atoms with E-state index in [1.807, 2.05) is 0 Å². The van der Waals surface area contributed by atoms with E-state index in [-0.39, 0.29) is 34.5 Å². The largest absolute Gasteiger partial charge is 0.393 e. The molecule has 0 radical (unpaired) electrons. The van der Waals surface area contributed by atoms with E-state index in [2.05, 4.69) is 20.8 Å². The first-order valence-electron chi connectivity index (χ1n) is 11.8. The lowest BCUT2D eigenvalue weighted by atomic mass is 9.42. The van der Waals surface area contributed by atoms with Crippen molar-refractivity contribution in [3.05, 3.63) is 0 Å². The number of aliphatic hydroxyl groups is 4. The molecule has 4 N–H and O–H groups in total. The van der Waals surface area contributed by atoms with Crippen molar-refractivity contribution in [2.45, 2.75) is 96.6 Å². The Labute approximate surface area is 174 Å². The molecule has 0 bridgehead atoms. The first-order valence-corrected chi connectivity index (χ1v) is 11.8. The number of aliphatic hydroxyl groups excluding tert-OH is 4. The zero-order chi connectivity index (χ0) is 21.1. The second-order valence-corrected chi connectivity index (χ2v) is 11.3. The van der Waals surface area contributed by atoms with Crippen LogP contribution in [0.1, 0.15) is 72.1 Å². The molecule has 4 saturated carbocycles. The lowest BCUT2D eigenvalue weighted by molar-refractivity contribution is -0.243. The molecule has 0 aromatic carbocycles. The molecule has 12 atom stereocenters. The molecular formula is C24H40O5. The first-order chi connectivity index (χ1) is 13.7. The van der Waals surface area contributed by atoms with Crippen molar-refractivity contribution in [1.82, 2.24) is 0 Å². The number of fused-ring (bicyclic) bond motifs is 5. The number of aldehydes is 1. The van der Waals surface area contributed by atoms with E-state index in [0.29, 0.717) is 31.1 Å². The maximum Gasteiger partial charge on any atom is 0.120 e. The monoisotopic (exact) mass is 408 g/mol. The van der Waals surface area contributed by atoms with Gasteiger partial charge in [-0.25, -0.2) is 0 Å². The highest BCUT2D eigenvalue weighted by atomic mass is 16.3. The van der Waals surface area contributed by atoms with Crippen LogP contribution in [0.25, 0.3) is 0 Å². The summed E-state index contributed by atoms with van der Waals surface area (Å²) in [5.74, 6) is 0.956. The van der Waals surface area contributed by atoms with Crippen LogP contribution in [0.5, 0.6) is 0 Å². The van der Waals surface area contributed by atoms with E-state index < -0.39 is 24.4 Å². The molecule has 4 aliphatic rings. The summed E-state index contributed by atoms with van der Waals surface area (Å²) < 4.78 is 0. The smallest absolute Gasteiger partial charge is 0.120 e. The van der Waals surface area contributed by atoms with Gasteiger partial charge in [-0.15, -0.1) is 0 Å². The number of hydrogen-bond donors (Lipinski definition) is 4. The molecular weight excluding hydrogens is 368 g/mol. The zero-order valence-corrected chi connectivity index (χ0v) is 18.2. The summed E-state index contributed by atoms with van der Waals surface area (Å²) in [4.78, 5) is 10.9. The predicted octanol–water partition coefficient (Wildman–Crippen LogP) is 2.53. The van der Waals surface area contributed by atoms with Gasteiger partial charge < -0.3 is 25.2 Å². The summed E-state index contributed by atoms with van der Waals surface area (Å²) in [5.41, 5.74) is -0.423. The van der Waals surface area contributed by atoms with Gasteiger partial charge in [0.1, 0.15) is 6.29 Å². The van der Waals surface area contributed by atoms with Crippen molar-refractivity contribution in [1.29, 1.82) is 0 Å². The van der Waals surface area contributed by atoms with E-state index in [1.54, 1.807) is 0 Å². The fourth-order valence-electron chi connectivity index (χ4n) is 8.70. The van der Waals surface area contributed by atoms with Gasteiger partial charge in [0, 0.05) is 6.42 Å². The summed E-state index contributed by atoms with van der Waals surface area (Å²) >= 11 is 0. The highest BCUT2D eigenvalue weighted by Crippen LogP contribution is 2.68. The summed E-state index contributed by atoms with van der Waals surface area (Å²) in [6, 6.07) is 0. The van der Waals surface area contributed by atoms with E-state index in [0.717, 1.165) is 38.4 Å². The Hall–Kier alpha value is -0.490. The number of carbonyl (C=O) groups excluding carboxylic acids is 1. The van der Waals surface area contributed by atoms with Gasteiger partial charge in [0.15, 0.2) is 0 Å². The third kappa shape index (κ3) is 3.06. The summed E-state index contributed by atoms with van der Waals surface area (Å²) in [7, 11) is 0. The van der Waals surface area contributed by atoms with Crippen LogP contribution < -0.4 is 0 Å². The van der Waals surface area contributed by atoms with E-state index >= 15 is 0 Å². The van der Waals surface area contributed by atoms with Crippen LogP contribution in [0.2, 0.25) is 0 Å². The van der Waals surface area contributed by atoms with Crippen molar-refractivity contribution in [2.75, 3.05) is 0 Å². The Morgan fingerprint density at radius 1 is 0.966 bits per heavy atom. The molecule has 0 aromatic rings. The van der Waals surface area contributed by atoms with Crippen LogP contribution >= 0.6 is 0 Å². The lowest BCUT2D eigenvalue weighted by Crippen LogP contribution is -2.66. The topological polar surface area (TPSA) is 98.0 Å². The zero-order valence-electron chi connectivity index (χ0n) is 18.2. The fraction of sp³-hybridized carbons (Fsp3) is 0.958. The molecule has 0 heterocycles. The molecule has 0 aromatic heterocycles. The van der Waals surface area contributed by atoms with Gasteiger partial charge in [0.05, 0.1) is 24.4 Å². The maximum absolute atomic E-state index is 11.5. The second kappa shape index (κ2) is 7.58. The minimum atomic E-state index is -0.803. The molecule has 0 saturated heterocycles. The van der Waals surface area contributed by atoms with E-state index in [1.165, 1.54) is 0 Å². The van der Waals surface area contributed by atoms with Crippen molar-refractivity contribution in [3.8, 4) is 0 Å². The first kappa shape index (κ1) is 21.7. The second-order valence-electron chi connectivity index (χ2n) is 11.3. The SMILES string of the molecule is C[C@H](CCC=O)[C@H]1CC[C@H]2[C@@H]3[C@H](O)[C@H](O)[C@@H]4C[C@H](O)CC[C@]4(C)[C@H]3C[C@H](O)[C@]12C. The lowest BCUT2D eigenvalue weighted by Gasteiger charge is -2.64. The molecule has 29 heavy (non-hydrogen) atoms.